The van der Waals surface area contributed by atoms with Crippen LogP contribution in [-0.2, 0) is 17.6 Å². The largest absolute Gasteiger partial charge is 1.00 e. The highest BCUT2D eigenvalue weighted by molar-refractivity contribution is 5.78. The summed E-state index contributed by atoms with van der Waals surface area (Å²) in [5.74, 6) is 0.344. The van der Waals surface area contributed by atoms with Crippen molar-refractivity contribution in [2.75, 3.05) is 42.3 Å². The third-order valence-electron chi connectivity index (χ3n) is 4.81. The molecule has 0 fully saturated rings. The number of carbonyl (C=O) groups excluding carboxylic acids is 1. The van der Waals surface area contributed by atoms with Gasteiger partial charge in [-0.1, -0.05) is 24.3 Å². The fraction of sp³-hybridized carbons (Fsp3) is 0.435. The van der Waals surface area contributed by atoms with Gasteiger partial charge in [0, 0.05) is 12.8 Å². The first kappa shape index (κ1) is 27.5. The van der Waals surface area contributed by atoms with Crippen LogP contribution in [0.15, 0.2) is 48.5 Å². The van der Waals surface area contributed by atoms with Crippen LogP contribution in [0.4, 0.5) is 11.4 Å². The van der Waals surface area contributed by atoms with Crippen LogP contribution < -0.4 is 56.9 Å². The zero-order valence-corrected chi connectivity index (χ0v) is 22.3. The minimum absolute atomic E-state index is 0. The number of aryl methyl sites for hydroxylation is 2. The third kappa shape index (κ3) is 8.88. The summed E-state index contributed by atoms with van der Waals surface area (Å²) in [5, 5.41) is 0. The summed E-state index contributed by atoms with van der Waals surface area (Å²) in [6.07, 6.45) is 2.91. The number of rotatable bonds is 8. The van der Waals surface area contributed by atoms with Crippen molar-refractivity contribution in [3.63, 3.8) is 0 Å². The summed E-state index contributed by atoms with van der Waals surface area (Å²) in [5.41, 5.74) is 5.03. The Labute approximate surface area is 205 Å². The second-order valence-corrected chi connectivity index (χ2v) is 8.90. The first-order valence-electron chi connectivity index (χ1n) is 9.39. The van der Waals surface area contributed by atoms with Gasteiger partial charge in [0.05, 0.1) is 42.3 Å². The highest BCUT2D eigenvalue weighted by Crippen LogP contribution is 2.19. The van der Waals surface area contributed by atoms with E-state index in [1.165, 1.54) is 22.5 Å². The van der Waals surface area contributed by atoms with Gasteiger partial charge in [-0.2, -0.15) is 0 Å². The SMILES string of the molecule is C[N+](C)(C)c1ccc(CCC(=O)CCc2ccc([N+](C)(C)C)cc2)cc1.[I-].[I-]. The number of nitrogens with zero attached hydrogens (tertiary/aromatic N) is 2. The van der Waals surface area contributed by atoms with E-state index < -0.39 is 0 Å². The van der Waals surface area contributed by atoms with Crippen molar-refractivity contribution in [2.24, 2.45) is 0 Å². The Balaban J connectivity index is 0.00000364. The molecule has 0 aliphatic rings. The van der Waals surface area contributed by atoms with E-state index >= 15 is 0 Å². The minimum atomic E-state index is 0. The lowest BCUT2D eigenvalue weighted by Crippen LogP contribution is -3.00. The molecule has 2 aromatic rings. The lowest BCUT2D eigenvalue weighted by atomic mass is 10.0. The maximum atomic E-state index is 12.2. The van der Waals surface area contributed by atoms with E-state index in [1.807, 2.05) is 0 Å². The molecule has 0 heterocycles. The Hall–Kier alpha value is -0.510. The van der Waals surface area contributed by atoms with Crippen LogP contribution in [0.1, 0.15) is 24.0 Å². The van der Waals surface area contributed by atoms with Crippen molar-refractivity contribution in [2.45, 2.75) is 25.7 Å². The topological polar surface area (TPSA) is 17.1 Å². The molecule has 0 radical (unpaired) electrons. The van der Waals surface area contributed by atoms with Gasteiger partial charge in [-0.15, -0.1) is 0 Å². The summed E-state index contributed by atoms with van der Waals surface area (Å²) >= 11 is 0. The van der Waals surface area contributed by atoms with E-state index in [4.69, 9.17) is 0 Å². The Morgan fingerprint density at radius 1 is 0.607 bits per heavy atom. The molecule has 0 unspecified atom stereocenters. The summed E-state index contributed by atoms with van der Waals surface area (Å²) in [6.45, 7) is 0. The van der Waals surface area contributed by atoms with Gasteiger partial charge in [0.2, 0.25) is 0 Å². The number of halogens is 2. The highest BCUT2D eigenvalue weighted by Gasteiger charge is 2.13. The van der Waals surface area contributed by atoms with Crippen molar-refractivity contribution in [1.82, 2.24) is 8.97 Å². The molecule has 0 atom stereocenters. The molecule has 0 saturated heterocycles. The van der Waals surface area contributed by atoms with Gasteiger partial charge in [-0.25, -0.2) is 0 Å². The molecule has 0 bridgehead atoms. The first-order valence-corrected chi connectivity index (χ1v) is 9.39. The lowest BCUT2D eigenvalue weighted by molar-refractivity contribution is -0.119. The van der Waals surface area contributed by atoms with Gasteiger partial charge < -0.3 is 48.0 Å². The minimum Gasteiger partial charge on any atom is -1.00 e. The van der Waals surface area contributed by atoms with E-state index in [0.717, 1.165) is 21.8 Å². The van der Waals surface area contributed by atoms with Gasteiger partial charge in [0.1, 0.15) is 17.2 Å². The number of ketones is 1. The normalized spacial score (nSPS) is 11.4. The Morgan fingerprint density at radius 3 is 1.14 bits per heavy atom. The van der Waals surface area contributed by atoms with E-state index in [9.17, 15) is 4.79 Å². The average Bonchev–Trinajstić information content (AvgIpc) is 2.57. The maximum absolute atomic E-state index is 12.2. The quantitative estimate of drug-likeness (QED) is 0.256. The Morgan fingerprint density at radius 2 is 0.893 bits per heavy atom. The van der Waals surface area contributed by atoms with Crippen LogP contribution in [0.25, 0.3) is 0 Å². The average molecular weight is 608 g/mol. The maximum Gasteiger partial charge on any atom is 0.133 e. The molecule has 0 aliphatic heterocycles. The fourth-order valence-corrected chi connectivity index (χ4v) is 2.91. The Kier molecular flexibility index (Phi) is 11.4. The van der Waals surface area contributed by atoms with Crippen LogP contribution in [0, 0.1) is 0 Å². The third-order valence-corrected chi connectivity index (χ3v) is 4.81. The van der Waals surface area contributed by atoms with E-state index in [2.05, 4.69) is 90.8 Å². The second kappa shape index (κ2) is 11.6. The number of carbonyl (C=O) groups is 1. The fourth-order valence-electron chi connectivity index (χ4n) is 2.91. The van der Waals surface area contributed by atoms with Crippen molar-refractivity contribution in [3.8, 4) is 0 Å². The zero-order valence-electron chi connectivity index (χ0n) is 18.0. The lowest BCUT2D eigenvalue weighted by Gasteiger charge is -2.23. The second-order valence-electron chi connectivity index (χ2n) is 8.90. The standard InChI is InChI=1S/C23H34N2O.2HI/c1-24(2,3)21-13-7-19(8-14-21)11-17-23(26)18-12-20-9-15-22(16-10-20)25(4,5)6;;/h7-10,13-16H,11-12,17-18H2,1-6H3;2*1H/q+2;;/p-2. The first-order chi connectivity index (χ1) is 12.1. The molecule has 0 aliphatic carbocycles. The zero-order chi connectivity index (χ0) is 19.4. The van der Waals surface area contributed by atoms with Crippen molar-refractivity contribution in [1.29, 1.82) is 0 Å². The van der Waals surface area contributed by atoms with Crippen molar-refractivity contribution >= 4 is 17.2 Å². The smallest absolute Gasteiger partial charge is 0.133 e. The predicted molar refractivity (Wildman–Crippen MR) is 114 cm³/mol. The van der Waals surface area contributed by atoms with Crippen molar-refractivity contribution < 1.29 is 52.7 Å². The molecule has 0 spiro atoms. The molecule has 2 rings (SSSR count). The molecule has 0 aromatic heterocycles. The molecule has 28 heavy (non-hydrogen) atoms. The summed E-state index contributed by atoms with van der Waals surface area (Å²) in [4.78, 5) is 12.2. The molecular weight excluding hydrogens is 574 g/mol. The monoisotopic (exact) mass is 608 g/mol. The number of quaternary nitrogens is 2. The van der Waals surface area contributed by atoms with Crippen LogP contribution >= 0.6 is 0 Å². The van der Waals surface area contributed by atoms with E-state index in [-0.39, 0.29) is 48.0 Å². The van der Waals surface area contributed by atoms with Gasteiger partial charge >= 0.3 is 0 Å². The molecular formula is C23H34I2N2O. The molecule has 3 nitrogen and oxygen atoms in total. The van der Waals surface area contributed by atoms with E-state index in [1.54, 1.807) is 0 Å². The molecule has 0 saturated carbocycles. The number of hydrogen-bond acceptors (Lipinski definition) is 1. The molecule has 156 valence electrons. The number of benzene rings is 2. The number of Topliss-reactive ketones (excluding diaryl/α,β-unsaturated/α-hetero) is 1. The Bertz CT molecular complexity index is 664. The van der Waals surface area contributed by atoms with Crippen LogP contribution in [0.2, 0.25) is 0 Å². The van der Waals surface area contributed by atoms with Gasteiger partial charge in [-0.3, -0.25) is 13.8 Å². The van der Waals surface area contributed by atoms with Gasteiger partial charge in [0.15, 0.2) is 0 Å². The van der Waals surface area contributed by atoms with Crippen molar-refractivity contribution in [3.05, 3.63) is 59.7 Å². The highest BCUT2D eigenvalue weighted by atomic mass is 127. The summed E-state index contributed by atoms with van der Waals surface area (Å²) < 4.78 is 1.62. The summed E-state index contributed by atoms with van der Waals surface area (Å²) in [7, 11) is 12.9. The number of hydrogen-bond donors (Lipinski definition) is 0. The van der Waals surface area contributed by atoms with Gasteiger partial charge in [0.25, 0.3) is 0 Å². The van der Waals surface area contributed by atoms with Gasteiger partial charge in [-0.05, 0) is 48.2 Å². The predicted octanol–water partition coefficient (Wildman–Crippen LogP) is -1.78. The molecule has 2 aromatic carbocycles. The molecule has 5 heteroatoms. The van der Waals surface area contributed by atoms with Crippen LogP contribution in [-0.4, -0.2) is 48.1 Å². The van der Waals surface area contributed by atoms with Crippen LogP contribution in [0.5, 0.6) is 0 Å². The molecule has 0 N–H and O–H groups in total. The van der Waals surface area contributed by atoms with E-state index in [0.29, 0.717) is 18.6 Å². The molecule has 0 amide bonds. The summed E-state index contributed by atoms with van der Waals surface area (Å²) in [6, 6.07) is 17.2. The van der Waals surface area contributed by atoms with Crippen LogP contribution in [0.3, 0.4) is 0 Å².